The number of ether oxygens (including phenoxy) is 1. The zero-order valence-corrected chi connectivity index (χ0v) is 9.99. The largest absolute Gasteiger partial charge is 0.372 e. The van der Waals surface area contributed by atoms with Crippen LogP contribution < -0.4 is 5.73 Å². The second-order valence-electron chi connectivity index (χ2n) is 4.61. The molecule has 2 N–H and O–H groups in total. The molecular weight excluding hydrogens is 198 g/mol. The number of nitrogens with two attached hydrogens (primary N) is 1. The lowest BCUT2D eigenvalue weighted by molar-refractivity contribution is 0.0357. The molecule has 1 aliphatic rings. The second-order valence-corrected chi connectivity index (χ2v) is 4.61. The maximum Gasteiger partial charge on any atom is 0.0730 e. The van der Waals surface area contributed by atoms with Crippen molar-refractivity contribution >= 4 is 0 Å². The fraction of sp³-hybridized carbons (Fsp3) is 0.571. The summed E-state index contributed by atoms with van der Waals surface area (Å²) in [4.78, 5) is 0. The van der Waals surface area contributed by atoms with Crippen LogP contribution in [0, 0.1) is 0 Å². The van der Waals surface area contributed by atoms with Gasteiger partial charge >= 0.3 is 0 Å². The standard InChI is InChI=1S/C14H21NO/c1-2-11-6-8-12(9-7-11)10-16-14-5-3-4-13(14)15/h6-9,13-14H,2-5,10,15H2,1H3/t13-,14-/m0/s1. The molecule has 1 saturated carbocycles. The molecule has 88 valence electrons. The Balaban J connectivity index is 1.84. The van der Waals surface area contributed by atoms with Gasteiger partial charge < -0.3 is 10.5 Å². The van der Waals surface area contributed by atoms with Crippen molar-refractivity contribution < 1.29 is 4.74 Å². The number of hydrogen-bond acceptors (Lipinski definition) is 2. The molecule has 0 aliphatic heterocycles. The maximum atomic E-state index is 5.96. The van der Waals surface area contributed by atoms with Crippen LogP contribution in [-0.2, 0) is 17.8 Å². The average molecular weight is 219 g/mol. The minimum Gasteiger partial charge on any atom is -0.372 e. The van der Waals surface area contributed by atoms with Crippen LogP contribution in [0.5, 0.6) is 0 Å². The highest BCUT2D eigenvalue weighted by atomic mass is 16.5. The fourth-order valence-corrected chi connectivity index (χ4v) is 2.24. The zero-order valence-electron chi connectivity index (χ0n) is 9.99. The summed E-state index contributed by atoms with van der Waals surface area (Å²) < 4.78 is 5.85. The van der Waals surface area contributed by atoms with Gasteiger partial charge in [0.25, 0.3) is 0 Å². The Labute approximate surface area is 97.8 Å². The molecule has 0 spiro atoms. The Hall–Kier alpha value is -0.860. The smallest absolute Gasteiger partial charge is 0.0730 e. The lowest BCUT2D eigenvalue weighted by Gasteiger charge is -2.16. The van der Waals surface area contributed by atoms with E-state index in [0.29, 0.717) is 6.61 Å². The van der Waals surface area contributed by atoms with Gasteiger partial charge in [-0.2, -0.15) is 0 Å². The van der Waals surface area contributed by atoms with Crippen molar-refractivity contribution in [3.05, 3.63) is 35.4 Å². The van der Waals surface area contributed by atoms with Gasteiger partial charge in [-0.3, -0.25) is 0 Å². The molecule has 1 aromatic carbocycles. The molecule has 16 heavy (non-hydrogen) atoms. The van der Waals surface area contributed by atoms with E-state index in [-0.39, 0.29) is 12.1 Å². The summed E-state index contributed by atoms with van der Waals surface area (Å²) in [7, 11) is 0. The van der Waals surface area contributed by atoms with E-state index in [1.807, 2.05) is 0 Å². The molecule has 0 unspecified atom stereocenters. The highest BCUT2D eigenvalue weighted by molar-refractivity contribution is 5.21. The number of benzene rings is 1. The molecule has 0 saturated heterocycles. The molecule has 0 aromatic heterocycles. The summed E-state index contributed by atoms with van der Waals surface area (Å²) in [5, 5.41) is 0. The van der Waals surface area contributed by atoms with Crippen LogP contribution in [-0.4, -0.2) is 12.1 Å². The van der Waals surface area contributed by atoms with E-state index in [1.165, 1.54) is 17.5 Å². The van der Waals surface area contributed by atoms with Gasteiger partial charge in [0, 0.05) is 6.04 Å². The number of rotatable bonds is 4. The van der Waals surface area contributed by atoms with Crippen molar-refractivity contribution in [3.63, 3.8) is 0 Å². The first kappa shape index (κ1) is 11.6. The molecule has 2 nitrogen and oxygen atoms in total. The Morgan fingerprint density at radius 3 is 2.44 bits per heavy atom. The van der Waals surface area contributed by atoms with Crippen LogP contribution in [0.4, 0.5) is 0 Å². The van der Waals surface area contributed by atoms with Gasteiger partial charge in [-0.15, -0.1) is 0 Å². The van der Waals surface area contributed by atoms with Crippen molar-refractivity contribution in [3.8, 4) is 0 Å². The summed E-state index contributed by atoms with van der Waals surface area (Å²) in [6.45, 7) is 2.87. The summed E-state index contributed by atoms with van der Waals surface area (Å²) in [5.74, 6) is 0. The first-order chi connectivity index (χ1) is 7.79. The lowest BCUT2D eigenvalue weighted by Crippen LogP contribution is -2.31. The van der Waals surface area contributed by atoms with Crippen molar-refractivity contribution in [2.45, 2.75) is 51.4 Å². The molecule has 2 heteroatoms. The number of aryl methyl sites for hydroxylation is 1. The normalized spacial score (nSPS) is 24.9. The second kappa shape index (κ2) is 5.46. The predicted molar refractivity (Wildman–Crippen MR) is 66.2 cm³/mol. The van der Waals surface area contributed by atoms with Gasteiger partial charge in [-0.25, -0.2) is 0 Å². The highest BCUT2D eigenvalue weighted by Gasteiger charge is 2.24. The van der Waals surface area contributed by atoms with Crippen molar-refractivity contribution in [2.24, 2.45) is 5.73 Å². The quantitative estimate of drug-likeness (QED) is 0.845. The molecule has 0 amide bonds. The topological polar surface area (TPSA) is 35.2 Å². The molecule has 2 atom stereocenters. The SMILES string of the molecule is CCc1ccc(CO[C@H]2CCC[C@@H]2N)cc1. The molecule has 0 heterocycles. The lowest BCUT2D eigenvalue weighted by atomic mass is 10.1. The Morgan fingerprint density at radius 1 is 1.19 bits per heavy atom. The van der Waals surface area contributed by atoms with E-state index in [4.69, 9.17) is 10.5 Å². The third kappa shape index (κ3) is 2.83. The van der Waals surface area contributed by atoms with Gasteiger partial charge in [0.05, 0.1) is 12.7 Å². The highest BCUT2D eigenvalue weighted by Crippen LogP contribution is 2.21. The first-order valence-electron chi connectivity index (χ1n) is 6.24. The van der Waals surface area contributed by atoms with Crippen LogP contribution >= 0.6 is 0 Å². The van der Waals surface area contributed by atoms with E-state index >= 15 is 0 Å². The van der Waals surface area contributed by atoms with Gasteiger partial charge in [0.15, 0.2) is 0 Å². The van der Waals surface area contributed by atoms with Crippen LogP contribution in [0.2, 0.25) is 0 Å². The first-order valence-corrected chi connectivity index (χ1v) is 6.24. The van der Waals surface area contributed by atoms with Crippen molar-refractivity contribution in [1.82, 2.24) is 0 Å². The third-order valence-electron chi connectivity index (χ3n) is 3.40. The molecule has 1 fully saturated rings. The third-order valence-corrected chi connectivity index (χ3v) is 3.40. The Morgan fingerprint density at radius 2 is 1.88 bits per heavy atom. The van der Waals surface area contributed by atoms with Gasteiger partial charge in [0.2, 0.25) is 0 Å². The Kier molecular flexibility index (Phi) is 3.97. The average Bonchev–Trinajstić information content (AvgIpc) is 2.73. The minimum atomic E-state index is 0.245. The molecule has 1 aliphatic carbocycles. The monoisotopic (exact) mass is 219 g/mol. The predicted octanol–water partition coefficient (Wildman–Crippen LogP) is 2.65. The van der Waals surface area contributed by atoms with Crippen LogP contribution in [0.3, 0.4) is 0 Å². The van der Waals surface area contributed by atoms with Crippen LogP contribution in [0.25, 0.3) is 0 Å². The summed E-state index contributed by atoms with van der Waals surface area (Å²) >= 11 is 0. The molecule has 0 bridgehead atoms. The van der Waals surface area contributed by atoms with E-state index in [2.05, 4.69) is 31.2 Å². The van der Waals surface area contributed by atoms with Crippen LogP contribution in [0.15, 0.2) is 24.3 Å². The van der Waals surface area contributed by atoms with E-state index in [1.54, 1.807) is 0 Å². The van der Waals surface area contributed by atoms with E-state index in [0.717, 1.165) is 19.3 Å². The van der Waals surface area contributed by atoms with Crippen molar-refractivity contribution in [1.29, 1.82) is 0 Å². The van der Waals surface area contributed by atoms with Gasteiger partial charge in [-0.1, -0.05) is 31.2 Å². The van der Waals surface area contributed by atoms with Gasteiger partial charge in [0.1, 0.15) is 0 Å². The van der Waals surface area contributed by atoms with Crippen LogP contribution in [0.1, 0.15) is 37.3 Å². The van der Waals surface area contributed by atoms with Gasteiger partial charge in [-0.05, 0) is 36.8 Å². The summed E-state index contributed by atoms with van der Waals surface area (Å²) in [6.07, 6.45) is 4.80. The molecule has 1 aromatic rings. The number of hydrogen-bond donors (Lipinski definition) is 1. The molecular formula is C14H21NO. The van der Waals surface area contributed by atoms with E-state index in [9.17, 15) is 0 Å². The maximum absolute atomic E-state index is 5.96. The Bertz CT molecular complexity index is 320. The summed E-state index contributed by atoms with van der Waals surface area (Å²) in [6, 6.07) is 8.90. The fourth-order valence-electron chi connectivity index (χ4n) is 2.24. The van der Waals surface area contributed by atoms with Crippen molar-refractivity contribution in [2.75, 3.05) is 0 Å². The molecule has 2 rings (SSSR count). The minimum absolute atomic E-state index is 0.245. The zero-order chi connectivity index (χ0) is 11.4. The van der Waals surface area contributed by atoms with E-state index < -0.39 is 0 Å². The summed E-state index contributed by atoms with van der Waals surface area (Å²) in [5.41, 5.74) is 8.59. The molecule has 0 radical (unpaired) electrons.